The van der Waals surface area contributed by atoms with Gasteiger partial charge in [0.2, 0.25) is 11.8 Å². The van der Waals surface area contributed by atoms with Crippen molar-refractivity contribution in [3.05, 3.63) is 29.8 Å². The summed E-state index contributed by atoms with van der Waals surface area (Å²) >= 11 is 0. The van der Waals surface area contributed by atoms with E-state index in [1.807, 2.05) is 31.2 Å². The molecule has 0 aromatic heterocycles. The zero-order valence-corrected chi connectivity index (χ0v) is 13.5. The van der Waals surface area contributed by atoms with Crippen LogP contribution in [-0.4, -0.2) is 36.9 Å². The molecule has 1 aromatic carbocycles. The molecule has 1 fully saturated rings. The lowest BCUT2D eigenvalue weighted by atomic mass is 9.95. The van der Waals surface area contributed by atoms with Crippen molar-refractivity contribution >= 4 is 11.8 Å². The second-order valence-corrected chi connectivity index (χ2v) is 5.78. The molecule has 0 spiro atoms. The van der Waals surface area contributed by atoms with E-state index in [2.05, 4.69) is 5.32 Å². The number of ether oxygens (including phenoxy) is 1. The Bertz CT molecular complexity index is 519. The molecule has 1 atom stereocenters. The van der Waals surface area contributed by atoms with E-state index < -0.39 is 0 Å². The fourth-order valence-corrected chi connectivity index (χ4v) is 2.76. The van der Waals surface area contributed by atoms with Crippen LogP contribution in [0.25, 0.3) is 0 Å². The van der Waals surface area contributed by atoms with Gasteiger partial charge >= 0.3 is 0 Å². The number of hydrogen-bond acceptors (Lipinski definition) is 3. The molecule has 5 heteroatoms. The van der Waals surface area contributed by atoms with Gasteiger partial charge < -0.3 is 15.0 Å². The van der Waals surface area contributed by atoms with Crippen molar-refractivity contribution in [2.45, 2.75) is 32.7 Å². The van der Waals surface area contributed by atoms with Gasteiger partial charge in [-0.25, -0.2) is 0 Å². The normalized spacial score (nSPS) is 17.0. The quantitative estimate of drug-likeness (QED) is 0.927. The summed E-state index contributed by atoms with van der Waals surface area (Å²) in [6.07, 6.45) is 1.47. The van der Waals surface area contributed by atoms with Crippen LogP contribution in [0, 0.1) is 5.92 Å². The van der Waals surface area contributed by atoms with E-state index in [1.54, 1.807) is 18.9 Å². The fourth-order valence-electron chi connectivity index (χ4n) is 2.76. The maximum atomic E-state index is 12.3. The van der Waals surface area contributed by atoms with Gasteiger partial charge in [-0.3, -0.25) is 9.59 Å². The first-order valence-electron chi connectivity index (χ1n) is 7.71. The van der Waals surface area contributed by atoms with Crippen LogP contribution in [0.2, 0.25) is 0 Å². The first kappa shape index (κ1) is 16.3. The average molecular weight is 304 g/mol. The van der Waals surface area contributed by atoms with Gasteiger partial charge in [0.1, 0.15) is 5.75 Å². The molecule has 1 N–H and O–H groups in total. The van der Waals surface area contributed by atoms with E-state index in [0.29, 0.717) is 13.1 Å². The van der Waals surface area contributed by atoms with Gasteiger partial charge in [0.05, 0.1) is 13.2 Å². The van der Waals surface area contributed by atoms with Crippen molar-refractivity contribution < 1.29 is 14.3 Å². The summed E-state index contributed by atoms with van der Waals surface area (Å²) in [6.45, 7) is 4.89. The summed E-state index contributed by atoms with van der Waals surface area (Å²) in [5.41, 5.74) is 1.05. The Morgan fingerprint density at radius 2 is 1.82 bits per heavy atom. The number of rotatable bonds is 4. The third kappa shape index (κ3) is 4.00. The molecule has 1 aliphatic heterocycles. The summed E-state index contributed by atoms with van der Waals surface area (Å²) in [7, 11) is 1.63. The monoisotopic (exact) mass is 304 g/mol. The summed E-state index contributed by atoms with van der Waals surface area (Å²) in [4.78, 5) is 25.5. The molecule has 0 aliphatic carbocycles. The fraction of sp³-hybridized carbons (Fsp3) is 0.529. The minimum Gasteiger partial charge on any atom is -0.497 e. The predicted octanol–water partition coefficient (Wildman–Crippen LogP) is 2.13. The van der Waals surface area contributed by atoms with Gasteiger partial charge in [0.15, 0.2) is 0 Å². The van der Waals surface area contributed by atoms with Gasteiger partial charge in [-0.1, -0.05) is 12.1 Å². The molecule has 1 heterocycles. The second-order valence-electron chi connectivity index (χ2n) is 5.78. The largest absolute Gasteiger partial charge is 0.497 e. The smallest absolute Gasteiger partial charge is 0.223 e. The summed E-state index contributed by atoms with van der Waals surface area (Å²) in [5.74, 6) is 0.965. The highest BCUT2D eigenvalue weighted by atomic mass is 16.5. The number of hydrogen-bond donors (Lipinski definition) is 1. The van der Waals surface area contributed by atoms with Crippen LogP contribution in [0.15, 0.2) is 24.3 Å². The first-order chi connectivity index (χ1) is 10.5. The zero-order chi connectivity index (χ0) is 16.1. The molecule has 5 nitrogen and oxygen atoms in total. The molecule has 2 rings (SSSR count). The molecule has 120 valence electrons. The van der Waals surface area contributed by atoms with Gasteiger partial charge in [-0.05, 0) is 37.5 Å². The number of likely N-dealkylation sites (tertiary alicyclic amines) is 1. The van der Waals surface area contributed by atoms with Crippen LogP contribution in [0.5, 0.6) is 5.75 Å². The maximum absolute atomic E-state index is 12.3. The standard InChI is InChI=1S/C17H24N2O3/c1-12(14-4-6-16(22-3)7-5-14)18-17(21)15-8-10-19(11-9-15)13(2)20/h4-7,12,15H,8-11H2,1-3H3,(H,18,21)/t12-/m1/s1. The molecule has 0 radical (unpaired) electrons. The number of benzene rings is 1. The third-order valence-corrected chi connectivity index (χ3v) is 4.29. The Labute approximate surface area is 131 Å². The van der Waals surface area contributed by atoms with E-state index in [-0.39, 0.29) is 23.8 Å². The van der Waals surface area contributed by atoms with Gasteiger partial charge in [0, 0.05) is 25.9 Å². The number of carbonyl (C=O) groups is 2. The topological polar surface area (TPSA) is 58.6 Å². The van der Waals surface area contributed by atoms with Crippen LogP contribution in [0.4, 0.5) is 0 Å². The minimum atomic E-state index is -0.0377. The Hall–Kier alpha value is -2.04. The van der Waals surface area contributed by atoms with Crippen molar-refractivity contribution in [3.63, 3.8) is 0 Å². The number of nitrogens with zero attached hydrogens (tertiary/aromatic N) is 1. The van der Waals surface area contributed by atoms with E-state index in [0.717, 1.165) is 24.2 Å². The highest BCUT2D eigenvalue weighted by Crippen LogP contribution is 2.21. The van der Waals surface area contributed by atoms with Crippen LogP contribution < -0.4 is 10.1 Å². The Morgan fingerprint density at radius 3 is 2.32 bits per heavy atom. The third-order valence-electron chi connectivity index (χ3n) is 4.29. The number of methoxy groups -OCH3 is 1. The SMILES string of the molecule is COc1ccc([C@@H](C)NC(=O)C2CCN(C(C)=O)CC2)cc1. The Morgan fingerprint density at radius 1 is 1.23 bits per heavy atom. The molecule has 1 aliphatic rings. The maximum Gasteiger partial charge on any atom is 0.223 e. The molecule has 0 saturated carbocycles. The van der Waals surface area contributed by atoms with Crippen molar-refractivity contribution in [1.29, 1.82) is 0 Å². The van der Waals surface area contributed by atoms with E-state index in [9.17, 15) is 9.59 Å². The van der Waals surface area contributed by atoms with Crippen molar-refractivity contribution in [2.75, 3.05) is 20.2 Å². The lowest BCUT2D eigenvalue weighted by Gasteiger charge is -2.31. The molecule has 1 saturated heterocycles. The van der Waals surface area contributed by atoms with E-state index in [1.165, 1.54) is 0 Å². The van der Waals surface area contributed by atoms with E-state index in [4.69, 9.17) is 4.74 Å². The van der Waals surface area contributed by atoms with Gasteiger partial charge in [-0.2, -0.15) is 0 Å². The minimum absolute atomic E-state index is 0.00343. The van der Waals surface area contributed by atoms with Crippen LogP contribution in [0.1, 0.15) is 38.3 Å². The molecular weight excluding hydrogens is 280 g/mol. The van der Waals surface area contributed by atoms with Crippen molar-refractivity contribution in [3.8, 4) is 5.75 Å². The first-order valence-corrected chi connectivity index (χ1v) is 7.71. The van der Waals surface area contributed by atoms with Crippen molar-refractivity contribution in [2.24, 2.45) is 5.92 Å². The highest BCUT2D eigenvalue weighted by Gasteiger charge is 2.26. The van der Waals surface area contributed by atoms with E-state index >= 15 is 0 Å². The zero-order valence-electron chi connectivity index (χ0n) is 13.5. The average Bonchev–Trinajstić information content (AvgIpc) is 2.54. The lowest BCUT2D eigenvalue weighted by Crippen LogP contribution is -2.42. The van der Waals surface area contributed by atoms with Crippen molar-refractivity contribution in [1.82, 2.24) is 10.2 Å². The molecule has 2 amide bonds. The van der Waals surface area contributed by atoms with Crippen LogP contribution >= 0.6 is 0 Å². The molecule has 1 aromatic rings. The molecule has 22 heavy (non-hydrogen) atoms. The summed E-state index contributed by atoms with van der Waals surface area (Å²) in [6, 6.07) is 7.67. The van der Waals surface area contributed by atoms with Crippen LogP contribution in [-0.2, 0) is 9.59 Å². The summed E-state index contributed by atoms with van der Waals surface area (Å²) < 4.78 is 5.14. The van der Waals surface area contributed by atoms with Gasteiger partial charge in [-0.15, -0.1) is 0 Å². The highest BCUT2D eigenvalue weighted by molar-refractivity contribution is 5.80. The van der Waals surface area contributed by atoms with Crippen LogP contribution in [0.3, 0.4) is 0 Å². The van der Waals surface area contributed by atoms with Gasteiger partial charge in [0.25, 0.3) is 0 Å². The molecule has 0 bridgehead atoms. The predicted molar refractivity (Wildman–Crippen MR) is 84.5 cm³/mol. The number of carbonyl (C=O) groups excluding carboxylic acids is 2. The summed E-state index contributed by atoms with van der Waals surface area (Å²) in [5, 5.41) is 3.06. The molecular formula is C17H24N2O3. The Kier molecular flexibility index (Phi) is 5.41. The number of amides is 2. The second kappa shape index (κ2) is 7.29. The number of nitrogens with one attached hydrogen (secondary N) is 1. The lowest BCUT2D eigenvalue weighted by molar-refractivity contribution is -0.134. The number of piperidine rings is 1. The Balaban J connectivity index is 1.87. The molecule has 0 unspecified atom stereocenters.